The molecule has 3 rings (SSSR count). The molecule has 0 radical (unpaired) electrons. The maximum absolute atomic E-state index is 11.9. The normalized spacial score (nSPS) is 11.0. The molecular formula is C28H28N2O4. The van der Waals surface area contributed by atoms with E-state index in [2.05, 4.69) is 17.5 Å². The summed E-state index contributed by atoms with van der Waals surface area (Å²) in [6.45, 7) is 2.04. The second-order valence-corrected chi connectivity index (χ2v) is 7.56. The van der Waals surface area contributed by atoms with Crippen molar-refractivity contribution in [2.45, 2.75) is 26.2 Å². The molecular weight excluding hydrogens is 428 g/mol. The number of nitrogens with zero attached hydrogens (tertiary/aromatic N) is 1. The van der Waals surface area contributed by atoms with Crippen LogP contribution >= 0.6 is 0 Å². The van der Waals surface area contributed by atoms with E-state index < -0.39 is 5.97 Å². The Bertz CT molecular complexity index is 1110. The SMILES string of the molecule is CCCCc1ccc(OCC(=O)N/N=C/c2ccc(OC(=O)/C=C/c3ccccc3)cc2)cc1. The molecule has 3 aromatic rings. The molecule has 0 unspecified atom stereocenters. The Labute approximate surface area is 199 Å². The summed E-state index contributed by atoms with van der Waals surface area (Å²) in [6.07, 6.45) is 7.92. The van der Waals surface area contributed by atoms with Crippen LogP contribution in [-0.4, -0.2) is 24.7 Å². The molecule has 3 aromatic carbocycles. The van der Waals surface area contributed by atoms with Crippen molar-refractivity contribution in [1.82, 2.24) is 5.43 Å². The number of amides is 1. The Hall–Kier alpha value is -4.19. The van der Waals surface area contributed by atoms with E-state index in [4.69, 9.17) is 9.47 Å². The molecule has 0 fully saturated rings. The summed E-state index contributed by atoms with van der Waals surface area (Å²) in [6, 6.07) is 24.0. The van der Waals surface area contributed by atoms with Crippen LogP contribution in [0.2, 0.25) is 0 Å². The molecule has 0 spiro atoms. The van der Waals surface area contributed by atoms with Crippen LogP contribution in [0.15, 0.2) is 90.0 Å². The highest BCUT2D eigenvalue weighted by Gasteiger charge is 2.03. The fourth-order valence-corrected chi connectivity index (χ4v) is 2.99. The molecule has 0 heterocycles. The Morgan fingerprint density at radius 2 is 1.59 bits per heavy atom. The number of hydrogen-bond acceptors (Lipinski definition) is 5. The summed E-state index contributed by atoms with van der Waals surface area (Å²) in [4.78, 5) is 23.9. The maximum atomic E-state index is 11.9. The minimum atomic E-state index is -0.465. The van der Waals surface area contributed by atoms with Gasteiger partial charge in [-0.1, -0.05) is 55.8 Å². The van der Waals surface area contributed by atoms with E-state index in [0.29, 0.717) is 11.5 Å². The minimum absolute atomic E-state index is 0.128. The number of aryl methyl sites for hydroxylation is 1. The van der Waals surface area contributed by atoms with E-state index in [1.807, 2.05) is 54.6 Å². The zero-order valence-electron chi connectivity index (χ0n) is 19.1. The molecule has 0 saturated heterocycles. The number of benzene rings is 3. The molecule has 0 aliphatic heterocycles. The topological polar surface area (TPSA) is 77.0 Å². The lowest BCUT2D eigenvalue weighted by atomic mass is 10.1. The number of nitrogens with one attached hydrogen (secondary N) is 1. The molecule has 34 heavy (non-hydrogen) atoms. The summed E-state index contributed by atoms with van der Waals surface area (Å²) in [5.74, 6) is 0.233. The number of rotatable bonds is 11. The molecule has 0 aliphatic carbocycles. The van der Waals surface area contributed by atoms with Gasteiger partial charge in [-0.2, -0.15) is 5.10 Å². The lowest BCUT2D eigenvalue weighted by Crippen LogP contribution is -2.24. The van der Waals surface area contributed by atoms with Gasteiger partial charge in [0.15, 0.2) is 6.61 Å². The summed E-state index contributed by atoms with van der Waals surface area (Å²) in [5, 5.41) is 3.93. The molecule has 0 bridgehead atoms. The van der Waals surface area contributed by atoms with Gasteiger partial charge in [0.2, 0.25) is 0 Å². The van der Waals surface area contributed by atoms with Crippen LogP contribution in [0, 0.1) is 0 Å². The third-order valence-electron chi connectivity index (χ3n) is 4.83. The first-order chi connectivity index (χ1) is 16.6. The number of hydrazone groups is 1. The Morgan fingerprint density at radius 3 is 2.29 bits per heavy atom. The van der Waals surface area contributed by atoms with Crippen LogP contribution in [0.5, 0.6) is 11.5 Å². The van der Waals surface area contributed by atoms with E-state index in [9.17, 15) is 9.59 Å². The highest BCUT2D eigenvalue weighted by molar-refractivity contribution is 5.89. The number of esters is 1. The van der Waals surface area contributed by atoms with Gasteiger partial charge in [-0.05, 0) is 72.0 Å². The van der Waals surface area contributed by atoms with Crippen molar-refractivity contribution >= 4 is 24.2 Å². The Morgan fingerprint density at radius 1 is 0.882 bits per heavy atom. The summed E-state index contributed by atoms with van der Waals surface area (Å²) >= 11 is 0. The Kier molecular flexibility index (Phi) is 9.62. The van der Waals surface area contributed by atoms with Gasteiger partial charge in [-0.15, -0.1) is 0 Å². The van der Waals surface area contributed by atoms with Gasteiger partial charge in [-0.25, -0.2) is 10.2 Å². The van der Waals surface area contributed by atoms with E-state index >= 15 is 0 Å². The fourth-order valence-electron chi connectivity index (χ4n) is 2.99. The van der Waals surface area contributed by atoms with Gasteiger partial charge in [0.25, 0.3) is 5.91 Å². The summed E-state index contributed by atoms with van der Waals surface area (Å²) in [5.41, 5.74) is 5.34. The number of carbonyl (C=O) groups excluding carboxylic acids is 2. The smallest absolute Gasteiger partial charge is 0.336 e. The van der Waals surface area contributed by atoms with E-state index in [-0.39, 0.29) is 12.5 Å². The number of hydrogen-bond donors (Lipinski definition) is 1. The monoisotopic (exact) mass is 456 g/mol. The molecule has 1 N–H and O–H groups in total. The predicted octanol–water partition coefficient (Wildman–Crippen LogP) is 5.18. The molecule has 174 valence electrons. The van der Waals surface area contributed by atoms with Gasteiger partial charge < -0.3 is 9.47 Å². The average molecular weight is 457 g/mol. The van der Waals surface area contributed by atoms with Gasteiger partial charge in [0.05, 0.1) is 6.21 Å². The van der Waals surface area contributed by atoms with E-state index in [1.165, 1.54) is 17.9 Å². The van der Waals surface area contributed by atoms with Crippen LogP contribution in [0.1, 0.15) is 36.5 Å². The standard InChI is InChI=1S/C28H28N2O4/c1-2-3-7-23-10-15-25(16-11-23)33-21-27(31)30-29-20-24-12-17-26(18-13-24)34-28(32)19-14-22-8-5-4-6-9-22/h4-6,8-20H,2-3,7,21H2,1H3,(H,30,31)/b19-14+,29-20+. The maximum Gasteiger partial charge on any atom is 0.336 e. The largest absolute Gasteiger partial charge is 0.484 e. The quantitative estimate of drug-likeness (QED) is 0.142. The molecule has 0 atom stereocenters. The molecule has 0 aliphatic rings. The highest BCUT2D eigenvalue weighted by atomic mass is 16.5. The van der Waals surface area contributed by atoms with Gasteiger partial charge in [0, 0.05) is 6.08 Å². The third kappa shape index (κ3) is 8.74. The van der Waals surface area contributed by atoms with Crippen molar-refractivity contribution in [1.29, 1.82) is 0 Å². The second kappa shape index (κ2) is 13.4. The zero-order valence-corrected chi connectivity index (χ0v) is 19.1. The van der Waals surface area contributed by atoms with Crippen molar-refractivity contribution in [3.63, 3.8) is 0 Å². The second-order valence-electron chi connectivity index (χ2n) is 7.56. The first-order valence-corrected chi connectivity index (χ1v) is 11.2. The van der Waals surface area contributed by atoms with E-state index in [1.54, 1.807) is 30.3 Å². The number of ether oxygens (including phenoxy) is 2. The summed E-state index contributed by atoms with van der Waals surface area (Å²) in [7, 11) is 0. The van der Waals surface area contributed by atoms with Crippen LogP contribution in [-0.2, 0) is 16.0 Å². The lowest BCUT2D eigenvalue weighted by molar-refractivity contribution is -0.129. The molecule has 6 nitrogen and oxygen atoms in total. The van der Waals surface area contributed by atoms with E-state index in [0.717, 1.165) is 30.4 Å². The van der Waals surface area contributed by atoms with Crippen molar-refractivity contribution in [3.05, 3.63) is 102 Å². The highest BCUT2D eigenvalue weighted by Crippen LogP contribution is 2.14. The molecule has 0 aromatic heterocycles. The third-order valence-corrected chi connectivity index (χ3v) is 4.83. The van der Waals surface area contributed by atoms with Crippen LogP contribution in [0.4, 0.5) is 0 Å². The fraction of sp³-hybridized carbons (Fsp3) is 0.179. The molecule has 0 saturated carbocycles. The van der Waals surface area contributed by atoms with Crippen molar-refractivity contribution in [2.75, 3.05) is 6.61 Å². The molecule has 6 heteroatoms. The predicted molar refractivity (Wildman–Crippen MR) is 134 cm³/mol. The van der Waals surface area contributed by atoms with Crippen LogP contribution in [0.3, 0.4) is 0 Å². The van der Waals surface area contributed by atoms with Gasteiger partial charge >= 0.3 is 5.97 Å². The average Bonchev–Trinajstić information content (AvgIpc) is 2.87. The number of unbranched alkanes of at least 4 members (excludes halogenated alkanes) is 1. The number of carbonyl (C=O) groups is 2. The lowest BCUT2D eigenvalue weighted by Gasteiger charge is -2.06. The van der Waals surface area contributed by atoms with Crippen LogP contribution in [0.25, 0.3) is 6.08 Å². The van der Waals surface area contributed by atoms with Crippen molar-refractivity contribution in [2.24, 2.45) is 5.10 Å². The van der Waals surface area contributed by atoms with Crippen LogP contribution < -0.4 is 14.9 Å². The first-order valence-electron chi connectivity index (χ1n) is 11.2. The van der Waals surface area contributed by atoms with Crippen molar-refractivity contribution < 1.29 is 19.1 Å². The van der Waals surface area contributed by atoms with Gasteiger partial charge in [0.1, 0.15) is 11.5 Å². The molecule has 1 amide bonds. The summed E-state index contributed by atoms with van der Waals surface area (Å²) < 4.78 is 10.8. The Balaban J connectivity index is 1.39. The van der Waals surface area contributed by atoms with Crippen molar-refractivity contribution in [3.8, 4) is 11.5 Å². The van der Waals surface area contributed by atoms with Gasteiger partial charge in [-0.3, -0.25) is 4.79 Å². The minimum Gasteiger partial charge on any atom is -0.484 e. The zero-order chi connectivity index (χ0) is 24.0. The first kappa shape index (κ1) is 24.5.